The van der Waals surface area contributed by atoms with Crippen LogP contribution >= 0.6 is 12.4 Å². The van der Waals surface area contributed by atoms with Gasteiger partial charge in [-0.3, -0.25) is 4.90 Å². The molecule has 0 radical (unpaired) electrons. The minimum absolute atomic E-state index is 0. The second-order valence-corrected chi connectivity index (χ2v) is 6.76. The van der Waals surface area contributed by atoms with Crippen LogP contribution in [-0.4, -0.2) is 40.6 Å². The van der Waals surface area contributed by atoms with Crippen LogP contribution in [-0.2, 0) is 11.3 Å². The van der Waals surface area contributed by atoms with Crippen LogP contribution in [0.15, 0.2) is 66.9 Å². The number of morpholine rings is 1. The smallest absolute Gasteiger partial charge is 0.145 e. The molecule has 0 amide bonds. The molecule has 0 spiro atoms. The van der Waals surface area contributed by atoms with Crippen LogP contribution in [0.25, 0.3) is 27.7 Å². The maximum absolute atomic E-state index is 5.51. The molecular formula is C22H22ClN3O. The largest absolute Gasteiger partial charge is 0.379 e. The third kappa shape index (κ3) is 3.32. The number of hydrogen-bond acceptors (Lipinski definition) is 3. The number of hydrogen-bond donors (Lipinski definition) is 0. The molecule has 5 heteroatoms. The highest BCUT2D eigenvalue weighted by atomic mass is 35.5. The third-order valence-corrected chi connectivity index (χ3v) is 5.14. The summed E-state index contributed by atoms with van der Waals surface area (Å²) in [6.45, 7) is 4.43. The SMILES string of the molecule is Cl.c1ccc(-c2nc3c4ccccc4ccn3c2CN2CCOCC2)cc1. The highest BCUT2D eigenvalue weighted by Gasteiger charge is 2.19. The van der Waals surface area contributed by atoms with Gasteiger partial charge in [-0.1, -0.05) is 54.6 Å². The van der Waals surface area contributed by atoms with Gasteiger partial charge in [-0.05, 0) is 11.5 Å². The normalized spacial score (nSPS) is 15.1. The van der Waals surface area contributed by atoms with E-state index in [1.807, 2.05) is 0 Å². The predicted molar refractivity (Wildman–Crippen MR) is 111 cm³/mol. The number of rotatable bonds is 3. The lowest BCUT2D eigenvalue weighted by Crippen LogP contribution is -2.36. The highest BCUT2D eigenvalue weighted by molar-refractivity contribution is 5.95. The average Bonchev–Trinajstić information content (AvgIpc) is 3.08. The molecule has 0 N–H and O–H groups in total. The Labute approximate surface area is 164 Å². The van der Waals surface area contributed by atoms with Crippen molar-refractivity contribution in [3.05, 3.63) is 72.6 Å². The molecule has 2 aromatic heterocycles. The molecule has 4 aromatic rings. The van der Waals surface area contributed by atoms with Gasteiger partial charge in [0.2, 0.25) is 0 Å². The van der Waals surface area contributed by atoms with Gasteiger partial charge in [-0.15, -0.1) is 12.4 Å². The molecule has 5 rings (SSSR count). The Balaban J connectivity index is 0.00000180. The van der Waals surface area contributed by atoms with Gasteiger partial charge in [0.05, 0.1) is 24.6 Å². The molecule has 0 bridgehead atoms. The molecule has 1 fully saturated rings. The van der Waals surface area contributed by atoms with Crippen LogP contribution in [0.5, 0.6) is 0 Å². The van der Waals surface area contributed by atoms with Crippen molar-refractivity contribution in [3.8, 4) is 11.3 Å². The summed E-state index contributed by atoms with van der Waals surface area (Å²) in [6, 6.07) is 21.2. The maximum Gasteiger partial charge on any atom is 0.145 e. The van der Waals surface area contributed by atoms with E-state index < -0.39 is 0 Å². The quantitative estimate of drug-likeness (QED) is 0.528. The van der Waals surface area contributed by atoms with Crippen molar-refractivity contribution in [2.75, 3.05) is 26.3 Å². The van der Waals surface area contributed by atoms with Gasteiger partial charge < -0.3 is 9.14 Å². The fourth-order valence-electron chi connectivity index (χ4n) is 3.77. The van der Waals surface area contributed by atoms with E-state index >= 15 is 0 Å². The van der Waals surface area contributed by atoms with Crippen molar-refractivity contribution >= 4 is 28.8 Å². The van der Waals surface area contributed by atoms with Gasteiger partial charge in [0.15, 0.2) is 0 Å². The van der Waals surface area contributed by atoms with Gasteiger partial charge in [-0.25, -0.2) is 4.98 Å². The summed E-state index contributed by atoms with van der Waals surface area (Å²) in [7, 11) is 0. The average molecular weight is 380 g/mol. The van der Waals surface area contributed by atoms with Gasteiger partial charge in [0.1, 0.15) is 5.65 Å². The number of fused-ring (bicyclic) bond motifs is 3. The van der Waals surface area contributed by atoms with E-state index in [0.29, 0.717) is 0 Å². The maximum atomic E-state index is 5.51. The summed E-state index contributed by atoms with van der Waals surface area (Å²) in [6.07, 6.45) is 2.16. The molecule has 3 heterocycles. The summed E-state index contributed by atoms with van der Waals surface area (Å²) < 4.78 is 7.78. The number of ether oxygens (including phenoxy) is 1. The molecule has 0 aliphatic carbocycles. The Bertz CT molecular complexity index is 1060. The minimum Gasteiger partial charge on any atom is -0.379 e. The zero-order valence-electron chi connectivity index (χ0n) is 15.0. The van der Waals surface area contributed by atoms with Crippen molar-refractivity contribution in [2.24, 2.45) is 0 Å². The van der Waals surface area contributed by atoms with E-state index in [0.717, 1.165) is 44.2 Å². The fourth-order valence-corrected chi connectivity index (χ4v) is 3.77. The lowest BCUT2D eigenvalue weighted by Gasteiger charge is -2.26. The fraction of sp³-hybridized carbons (Fsp3) is 0.227. The van der Waals surface area contributed by atoms with Crippen molar-refractivity contribution < 1.29 is 4.74 Å². The van der Waals surface area contributed by atoms with E-state index in [4.69, 9.17) is 9.72 Å². The van der Waals surface area contributed by atoms with Gasteiger partial charge in [0, 0.05) is 36.8 Å². The first-order valence-corrected chi connectivity index (χ1v) is 9.14. The summed E-state index contributed by atoms with van der Waals surface area (Å²) in [5, 5.41) is 2.42. The van der Waals surface area contributed by atoms with Crippen LogP contribution < -0.4 is 0 Å². The van der Waals surface area contributed by atoms with Crippen LogP contribution in [0.3, 0.4) is 0 Å². The van der Waals surface area contributed by atoms with Crippen molar-refractivity contribution in [1.29, 1.82) is 0 Å². The second-order valence-electron chi connectivity index (χ2n) is 6.76. The van der Waals surface area contributed by atoms with Gasteiger partial charge in [-0.2, -0.15) is 0 Å². The first-order valence-electron chi connectivity index (χ1n) is 9.14. The molecule has 2 aromatic carbocycles. The van der Waals surface area contributed by atoms with E-state index in [1.54, 1.807) is 0 Å². The number of imidazole rings is 1. The Hall–Kier alpha value is -2.40. The van der Waals surface area contributed by atoms with Crippen molar-refractivity contribution in [1.82, 2.24) is 14.3 Å². The monoisotopic (exact) mass is 379 g/mol. The topological polar surface area (TPSA) is 29.8 Å². The van der Waals surface area contributed by atoms with Crippen LogP contribution in [0.2, 0.25) is 0 Å². The summed E-state index contributed by atoms with van der Waals surface area (Å²) in [5.74, 6) is 0. The summed E-state index contributed by atoms with van der Waals surface area (Å²) in [4.78, 5) is 7.53. The lowest BCUT2D eigenvalue weighted by atomic mass is 10.1. The molecule has 1 aliphatic heterocycles. The van der Waals surface area contributed by atoms with Gasteiger partial charge >= 0.3 is 0 Å². The number of halogens is 1. The van der Waals surface area contributed by atoms with Crippen LogP contribution in [0.4, 0.5) is 0 Å². The van der Waals surface area contributed by atoms with E-state index in [2.05, 4.69) is 76.2 Å². The Morgan fingerprint density at radius 3 is 2.44 bits per heavy atom. The predicted octanol–water partition coefficient (Wildman–Crippen LogP) is 4.41. The Morgan fingerprint density at radius 1 is 0.889 bits per heavy atom. The third-order valence-electron chi connectivity index (χ3n) is 5.14. The first-order chi connectivity index (χ1) is 12.9. The Kier molecular flexibility index (Phi) is 5.12. The highest BCUT2D eigenvalue weighted by Crippen LogP contribution is 2.29. The number of nitrogens with zero attached hydrogens (tertiary/aromatic N) is 3. The van der Waals surface area contributed by atoms with E-state index in [1.165, 1.54) is 22.0 Å². The summed E-state index contributed by atoms with van der Waals surface area (Å²) in [5.41, 5.74) is 4.53. The van der Waals surface area contributed by atoms with E-state index in [-0.39, 0.29) is 12.4 Å². The standard InChI is InChI=1S/C22H21N3O.ClH/c1-2-7-18(8-3-1)21-20(16-24-12-14-26-15-13-24)25-11-10-17-6-4-5-9-19(17)22(25)23-21;/h1-11H,12-16H2;1H. The number of aromatic nitrogens is 2. The number of pyridine rings is 1. The minimum atomic E-state index is 0. The molecule has 138 valence electrons. The van der Waals surface area contributed by atoms with E-state index in [9.17, 15) is 0 Å². The molecule has 27 heavy (non-hydrogen) atoms. The van der Waals surface area contributed by atoms with Crippen molar-refractivity contribution in [2.45, 2.75) is 6.54 Å². The first kappa shape index (κ1) is 18.0. The van der Waals surface area contributed by atoms with Gasteiger partial charge in [0.25, 0.3) is 0 Å². The zero-order chi connectivity index (χ0) is 17.3. The molecule has 1 saturated heterocycles. The molecule has 0 atom stereocenters. The molecule has 1 aliphatic rings. The lowest BCUT2D eigenvalue weighted by molar-refractivity contribution is 0.0336. The molecule has 0 saturated carbocycles. The van der Waals surface area contributed by atoms with Crippen LogP contribution in [0, 0.1) is 0 Å². The molecule has 4 nitrogen and oxygen atoms in total. The molecule has 0 unspecified atom stereocenters. The zero-order valence-corrected chi connectivity index (χ0v) is 15.9. The van der Waals surface area contributed by atoms with Crippen LogP contribution in [0.1, 0.15) is 5.69 Å². The Morgan fingerprint density at radius 2 is 1.63 bits per heavy atom. The second kappa shape index (κ2) is 7.69. The summed E-state index contributed by atoms with van der Waals surface area (Å²) >= 11 is 0. The number of benzene rings is 2. The van der Waals surface area contributed by atoms with Crippen molar-refractivity contribution in [3.63, 3.8) is 0 Å². The molecular weight excluding hydrogens is 358 g/mol.